The van der Waals surface area contributed by atoms with E-state index in [0.29, 0.717) is 23.7 Å². The molecule has 1 atom stereocenters. The number of carbonyl (C=O) groups is 3. The van der Waals surface area contributed by atoms with E-state index in [1.807, 2.05) is 4.57 Å². The molecule has 41 heavy (non-hydrogen) atoms. The van der Waals surface area contributed by atoms with Gasteiger partial charge in [0, 0.05) is 59.0 Å². The second kappa shape index (κ2) is 12.9. The number of fused-ring (bicyclic) bond motifs is 1. The fraction of sp³-hybridized carbons (Fsp3) is 0.448. The molecule has 2 amide bonds. The first kappa shape index (κ1) is 29.6. The molecule has 0 aliphatic heterocycles. The highest BCUT2D eigenvalue weighted by atomic mass is 19.1. The third-order valence-corrected chi connectivity index (χ3v) is 6.84. The molecule has 0 unspecified atom stereocenters. The predicted molar refractivity (Wildman–Crippen MR) is 150 cm³/mol. The van der Waals surface area contributed by atoms with Crippen molar-refractivity contribution in [3.05, 3.63) is 70.4 Å². The van der Waals surface area contributed by atoms with Gasteiger partial charge in [-0.1, -0.05) is 6.08 Å². The van der Waals surface area contributed by atoms with Gasteiger partial charge in [0.05, 0.1) is 23.9 Å². The van der Waals surface area contributed by atoms with Gasteiger partial charge in [-0.25, -0.2) is 19.2 Å². The number of hydrogen-bond donors (Lipinski definition) is 0. The fourth-order valence-corrected chi connectivity index (χ4v) is 4.31. The van der Waals surface area contributed by atoms with Gasteiger partial charge in [0.25, 0.3) is 5.56 Å². The first-order valence-electron chi connectivity index (χ1n) is 13.5. The van der Waals surface area contributed by atoms with Gasteiger partial charge in [-0.2, -0.15) is 0 Å². The number of ketones is 1. The Morgan fingerprint density at radius 1 is 1.17 bits per heavy atom. The topological polar surface area (TPSA) is 120 Å². The van der Waals surface area contributed by atoms with Crippen LogP contribution >= 0.6 is 0 Å². The number of ether oxygens (including phenoxy) is 1. The first-order valence-corrected chi connectivity index (χ1v) is 13.5. The SMILES string of the molecule is CN(C)C(=O)/C=C/CC[C@H](OC(=O)N(C)C)C(=O)Cc1cncn(Cc2nc3cc(F)ccc3n2CC2CC2)c1=O. The number of imidazole rings is 1. The van der Waals surface area contributed by atoms with Gasteiger partial charge in [-0.05, 0) is 49.8 Å². The first-order chi connectivity index (χ1) is 19.5. The van der Waals surface area contributed by atoms with Gasteiger partial charge in [-0.15, -0.1) is 0 Å². The van der Waals surface area contributed by atoms with Crippen molar-refractivity contribution in [3.63, 3.8) is 0 Å². The molecule has 11 nitrogen and oxygen atoms in total. The minimum atomic E-state index is -1.12. The van der Waals surface area contributed by atoms with Crippen LogP contribution < -0.4 is 5.56 Å². The van der Waals surface area contributed by atoms with Gasteiger partial charge < -0.3 is 19.1 Å². The third-order valence-electron chi connectivity index (χ3n) is 6.84. The molecule has 0 N–H and O–H groups in total. The lowest BCUT2D eigenvalue weighted by Gasteiger charge is -2.19. The van der Waals surface area contributed by atoms with E-state index in [0.717, 1.165) is 24.9 Å². The largest absolute Gasteiger partial charge is 0.438 e. The summed E-state index contributed by atoms with van der Waals surface area (Å²) in [7, 11) is 6.26. The predicted octanol–water partition coefficient (Wildman–Crippen LogP) is 2.79. The molecule has 1 aliphatic rings. The number of allylic oxidation sites excluding steroid dienone is 1. The maximum atomic E-state index is 13.9. The van der Waals surface area contributed by atoms with E-state index in [-0.39, 0.29) is 36.7 Å². The summed E-state index contributed by atoms with van der Waals surface area (Å²) in [5.74, 6) is 0.0728. The van der Waals surface area contributed by atoms with E-state index in [2.05, 4.69) is 9.97 Å². The Balaban J connectivity index is 1.53. The molecule has 2 aromatic heterocycles. The number of likely N-dealkylation sites (N-methyl/N-ethyl adjacent to an activating group) is 1. The van der Waals surface area contributed by atoms with Crippen molar-refractivity contribution in [2.45, 2.75) is 51.3 Å². The highest BCUT2D eigenvalue weighted by molar-refractivity contribution is 5.88. The van der Waals surface area contributed by atoms with Crippen LogP contribution in [0.4, 0.5) is 9.18 Å². The number of nitrogens with zero attached hydrogens (tertiary/aromatic N) is 6. The molecule has 1 fully saturated rings. The second-order valence-electron chi connectivity index (χ2n) is 10.7. The smallest absolute Gasteiger partial charge is 0.409 e. The summed E-state index contributed by atoms with van der Waals surface area (Å²) in [5, 5.41) is 0. The van der Waals surface area contributed by atoms with Crippen molar-refractivity contribution in [2.24, 2.45) is 5.92 Å². The molecule has 0 radical (unpaired) electrons. The van der Waals surface area contributed by atoms with Crippen molar-refractivity contribution in [1.29, 1.82) is 0 Å². The molecule has 218 valence electrons. The monoisotopic (exact) mass is 566 g/mol. The van der Waals surface area contributed by atoms with Crippen LogP contribution in [0.15, 0.2) is 47.7 Å². The number of aromatic nitrogens is 4. The Labute approximate surface area is 237 Å². The lowest BCUT2D eigenvalue weighted by atomic mass is 10.0. The summed E-state index contributed by atoms with van der Waals surface area (Å²) >= 11 is 0. The van der Waals surface area contributed by atoms with Crippen LogP contribution in [0.5, 0.6) is 0 Å². The molecule has 2 heterocycles. The number of carbonyl (C=O) groups excluding carboxylic acids is 3. The maximum Gasteiger partial charge on any atom is 0.409 e. The molecule has 0 bridgehead atoms. The van der Waals surface area contributed by atoms with Crippen LogP contribution in [0.25, 0.3) is 11.0 Å². The lowest BCUT2D eigenvalue weighted by Crippen LogP contribution is -2.35. The average molecular weight is 567 g/mol. The number of benzene rings is 1. The summed E-state index contributed by atoms with van der Waals surface area (Å²) < 4.78 is 22.7. The zero-order chi connectivity index (χ0) is 29.7. The third kappa shape index (κ3) is 7.65. The van der Waals surface area contributed by atoms with Crippen molar-refractivity contribution in [2.75, 3.05) is 28.2 Å². The molecule has 3 aromatic rings. The van der Waals surface area contributed by atoms with E-state index < -0.39 is 23.5 Å². The van der Waals surface area contributed by atoms with E-state index in [1.54, 1.807) is 26.2 Å². The van der Waals surface area contributed by atoms with Gasteiger partial charge in [-0.3, -0.25) is 19.0 Å². The van der Waals surface area contributed by atoms with Crippen molar-refractivity contribution in [3.8, 4) is 0 Å². The van der Waals surface area contributed by atoms with Crippen molar-refractivity contribution < 1.29 is 23.5 Å². The van der Waals surface area contributed by atoms with E-state index in [1.165, 1.54) is 59.2 Å². The summed E-state index contributed by atoms with van der Waals surface area (Å²) in [6.07, 6.45) is 6.30. The summed E-state index contributed by atoms with van der Waals surface area (Å²) in [6.45, 7) is 0.825. The molecule has 1 aromatic carbocycles. The molecule has 1 aliphatic carbocycles. The number of halogens is 1. The average Bonchev–Trinajstić information content (AvgIpc) is 3.68. The molecule has 4 rings (SSSR count). The van der Waals surface area contributed by atoms with Crippen molar-refractivity contribution >= 4 is 28.8 Å². The van der Waals surface area contributed by atoms with Crippen LogP contribution in [0.2, 0.25) is 0 Å². The van der Waals surface area contributed by atoms with E-state index in [4.69, 9.17) is 4.74 Å². The molecule has 0 saturated heterocycles. The summed E-state index contributed by atoms with van der Waals surface area (Å²) in [5.41, 5.74) is 1.05. The zero-order valence-corrected chi connectivity index (χ0v) is 23.7. The zero-order valence-electron chi connectivity index (χ0n) is 23.7. The Hall–Kier alpha value is -4.35. The highest BCUT2D eigenvalue weighted by Gasteiger charge is 2.26. The number of rotatable bonds is 12. The van der Waals surface area contributed by atoms with Crippen LogP contribution in [0.1, 0.15) is 37.1 Å². The van der Waals surface area contributed by atoms with Gasteiger partial charge in [0.2, 0.25) is 5.91 Å². The Morgan fingerprint density at radius 3 is 2.61 bits per heavy atom. The van der Waals surface area contributed by atoms with Crippen LogP contribution in [-0.4, -0.2) is 81.0 Å². The standard InChI is InChI=1S/C29H35FN6O5/c1-33(2)27(38)8-6-5-7-25(41-29(40)34(3)4)24(37)13-20-15-31-18-35(28(20)39)17-26-32-22-14-21(30)11-12-23(22)36(26)16-19-9-10-19/h6,8,11-12,14-15,18-19,25H,5,7,9-10,13,16-17H2,1-4H3/b8-6+/t25-/m0/s1. The van der Waals surface area contributed by atoms with Crippen molar-refractivity contribution in [1.82, 2.24) is 28.9 Å². The Kier molecular flexibility index (Phi) is 9.31. The fourth-order valence-electron chi connectivity index (χ4n) is 4.31. The number of amides is 2. The maximum absolute atomic E-state index is 13.9. The molecular formula is C29H35FN6O5. The normalized spacial score (nSPS) is 13.9. The second-order valence-corrected chi connectivity index (χ2v) is 10.7. The molecular weight excluding hydrogens is 531 g/mol. The minimum absolute atomic E-state index is 0.0978. The summed E-state index contributed by atoms with van der Waals surface area (Å²) in [4.78, 5) is 62.0. The number of Topliss-reactive ketones (excluding diaryl/α,β-unsaturated/α-hetero) is 1. The van der Waals surface area contributed by atoms with E-state index >= 15 is 0 Å². The summed E-state index contributed by atoms with van der Waals surface area (Å²) in [6, 6.07) is 4.46. The van der Waals surface area contributed by atoms with Gasteiger partial charge in [0.15, 0.2) is 11.9 Å². The Bertz CT molecular complexity index is 1520. The van der Waals surface area contributed by atoms with Crippen LogP contribution in [0.3, 0.4) is 0 Å². The highest BCUT2D eigenvalue weighted by Crippen LogP contribution is 2.32. The van der Waals surface area contributed by atoms with Crippen LogP contribution in [0, 0.1) is 11.7 Å². The van der Waals surface area contributed by atoms with Gasteiger partial charge in [0.1, 0.15) is 11.6 Å². The lowest BCUT2D eigenvalue weighted by molar-refractivity contribution is -0.127. The van der Waals surface area contributed by atoms with Gasteiger partial charge >= 0.3 is 6.09 Å². The molecule has 0 spiro atoms. The van der Waals surface area contributed by atoms with E-state index in [9.17, 15) is 23.6 Å². The molecule has 12 heteroatoms. The Morgan fingerprint density at radius 2 is 1.93 bits per heavy atom. The molecule has 1 saturated carbocycles. The minimum Gasteiger partial charge on any atom is -0.438 e. The quantitative estimate of drug-likeness (QED) is 0.309. The number of hydrogen-bond acceptors (Lipinski definition) is 7. The van der Waals surface area contributed by atoms with Crippen LogP contribution in [-0.2, 0) is 33.8 Å².